The molecule has 0 atom stereocenters. The number of hydrogen-bond acceptors (Lipinski definition) is 5. The zero-order chi connectivity index (χ0) is 19.4. The van der Waals surface area contributed by atoms with E-state index in [9.17, 15) is 32.9 Å². The van der Waals surface area contributed by atoms with Gasteiger partial charge in [-0.25, -0.2) is 0 Å². The first kappa shape index (κ1) is 20.4. The standard InChI is InChI=1S/C15H17F3N2O5/c1-14(2,3)7-13(22)25-8-12(21)19-10-5-4-9(15(16,17)18)6-11(10)20(23)24/h4-6H,7-8H2,1-3H3,(H,19,21). The van der Waals surface area contributed by atoms with Crippen LogP contribution < -0.4 is 5.32 Å². The van der Waals surface area contributed by atoms with Gasteiger partial charge in [0.1, 0.15) is 5.69 Å². The van der Waals surface area contributed by atoms with E-state index in [0.717, 1.165) is 6.07 Å². The first-order chi connectivity index (χ1) is 11.3. The molecule has 1 N–H and O–H groups in total. The number of nitrogens with one attached hydrogen (secondary N) is 1. The fourth-order valence-corrected chi connectivity index (χ4v) is 1.78. The molecule has 0 spiro atoms. The molecule has 0 bridgehead atoms. The van der Waals surface area contributed by atoms with Crippen molar-refractivity contribution < 1.29 is 32.4 Å². The maximum atomic E-state index is 12.6. The van der Waals surface area contributed by atoms with Gasteiger partial charge in [0.15, 0.2) is 6.61 Å². The second-order valence-corrected chi connectivity index (χ2v) is 6.43. The molecular weight excluding hydrogens is 345 g/mol. The van der Waals surface area contributed by atoms with Gasteiger partial charge < -0.3 is 10.1 Å². The van der Waals surface area contributed by atoms with Crippen LogP contribution in [-0.4, -0.2) is 23.4 Å². The number of carbonyl (C=O) groups excluding carboxylic acids is 2. The number of alkyl halides is 3. The summed E-state index contributed by atoms with van der Waals surface area (Å²) in [4.78, 5) is 33.1. The third-order valence-electron chi connectivity index (χ3n) is 2.83. The van der Waals surface area contributed by atoms with Gasteiger partial charge in [0.05, 0.1) is 16.9 Å². The summed E-state index contributed by atoms with van der Waals surface area (Å²) < 4.78 is 42.5. The number of amides is 1. The molecule has 1 aromatic rings. The van der Waals surface area contributed by atoms with Gasteiger partial charge in [-0.2, -0.15) is 13.2 Å². The van der Waals surface area contributed by atoms with Crippen LogP contribution in [0.3, 0.4) is 0 Å². The van der Waals surface area contributed by atoms with E-state index in [1.807, 2.05) is 0 Å². The lowest BCUT2D eigenvalue weighted by Crippen LogP contribution is -2.23. The van der Waals surface area contributed by atoms with E-state index in [2.05, 4.69) is 5.32 Å². The van der Waals surface area contributed by atoms with Crippen LogP contribution in [0.1, 0.15) is 32.8 Å². The van der Waals surface area contributed by atoms with Crippen molar-refractivity contribution in [3.63, 3.8) is 0 Å². The van der Waals surface area contributed by atoms with Crippen LogP contribution in [0.25, 0.3) is 0 Å². The Hall–Kier alpha value is -2.65. The van der Waals surface area contributed by atoms with Crippen molar-refractivity contribution in [3.05, 3.63) is 33.9 Å². The molecule has 10 heteroatoms. The highest BCUT2D eigenvalue weighted by atomic mass is 19.4. The average Bonchev–Trinajstić information content (AvgIpc) is 2.42. The normalized spacial score (nSPS) is 11.8. The lowest BCUT2D eigenvalue weighted by molar-refractivity contribution is -0.384. The zero-order valence-corrected chi connectivity index (χ0v) is 13.8. The number of anilines is 1. The van der Waals surface area contributed by atoms with E-state index in [4.69, 9.17) is 4.74 Å². The molecule has 138 valence electrons. The Kier molecular flexibility index (Phi) is 6.11. The number of nitro groups is 1. The molecule has 0 fully saturated rings. The molecule has 1 amide bonds. The van der Waals surface area contributed by atoms with E-state index in [-0.39, 0.29) is 11.8 Å². The van der Waals surface area contributed by atoms with Crippen LogP contribution in [0, 0.1) is 15.5 Å². The fourth-order valence-electron chi connectivity index (χ4n) is 1.78. The van der Waals surface area contributed by atoms with Crippen molar-refractivity contribution in [3.8, 4) is 0 Å². The Labute approximate surface area is 141 Å². The van der Waals surface area contributed by atoms with Crippen molar-refractivity contribution in [2.24, 2.45) is 5.41 Å². The average molecular weight is 362 g/mol. The van der Waals surface area contributed by atoms with Crippen LogP contribution in [0.15, 0.2) is 18.2 Å². The molecule has 1 rings (SSSR count). The van der Waals surface area contributed by atoms with Crippen molar-refractivity contribution >= 4 is 23.3 Å². The SMILES string of the molecule is CC(C)(C)CC(=O)OCC(=O)Nc1ccc(C(F)(F)F)cc1[N+](=O)[O-]. The third-order valence-corrected chi connectivity index (χ3v) is 2.83. The molecule has 0 saturated carbocycles. The number of esters is 1. The summed E-state index contributed by atoms with van der Waals surface area (Å²) in [5.74, 6) is -1.53. The largest absolute Gasteiger partial charge is 0.456 e. The lowest BCUT2D eigenvalue weighted by Gasteiger charge is -2.16. The minimum Gasteiger partial charge on any atom is -0.456 e. The summed E-state index contributed by atoms with van der Waals surface area (Å²) >= 11 is 0. The maximum absolute atomic E-state index is 12.6. The molecule has 25 heavy (non-hydrogen) atoms. The third kappa shape index (κ3) is 6.77. The van der Waals surface area contributed by atoms with Crippen LogP contribution in [0.5, 0.6) is 0 Å². The Balaban J connectivity index is 2.80. The second kappa shape index (κ2) is 7.49. The fraction of sp³-hybridized carbons (Fsp3) is 0.467. The van der Waals surface area contributed by atoms with Crippen LogP contribution in [0.2, 0.25) is 0 Å². The molecule has 0 aliphatic heterocycles. The number of halogens is 3. The lowest BCUT2D eigenvalue weighted by atomic mass is 9.92. The van der Waals surface area contributed by atoms with Gasteiger partial charge >= 0.3 is 12.1 Å². The summed E-state index contributed by atoms with van der Waals surface area (Å²) in [5.41, 5.74) is -2.90. The van der Waals surface area contributed by atoms with Gasteiger partial charge in [0.25, 0.3) is 11.6 Å². The molecule has 0 aliphatic carbocycles. The van der Waals surface area contributed by atoms with E-state index < -0.39 is 46.5 Å². The van der Waals surface area contributed by atoms with E-state index in [1.165, 1.54) is 0 Å². The van der Waals surface area contributed by atoms with Gasteiger partial charge in [-0.15, -0.1) is 0 Å². The van der Waals surface area contributed by atoms with E-state index in [1.54, 1.807) is 20.8 Å². The summed E-state index contributed by atoms with van der Waals surface area (Å²) in [6.45, 7) is 4.67. The van der Waals surface area contributed by atoms with Gasteiger partial charge in [-0.1, -0.05) is 20.8 Å². The van der Waals surface area contributed by atoms with Crippen molar-refractivity contribution in [2.75, 3.05) is 11.9 Å². The number of rotatable bonds is 5. The van der Waals surface area contributed by atoms with Crippen molar-refractivity contribution in [2.45, 2.75) is 33.4 Å². The molecule has 0 heterocycles. The van der Waals surface area contributed by atoms with Crippen molar-refractivity contribution in [1.29, 1.82) is 0 Å². The number of nitro benzene ring substituents is 1. The highest BCUT2D eigenvalue weighted by molar-refractivity contribution is 5.94. The topological polar surface area (TPSA) is 98.5 Å². The highest BCUT2D eigenvalue weighted by Gasteiger charge is 2.33. The number of benzene rings is 1. The Morgan fingerprint density at radius 1 is 1.24 bits per heavy atom. The van der Waals surface area contributed by atoms with Gasteiger partial charge in [0, 0.05) is 6.07 Å². The Morgan fingerprint density at radius 2 is 1.84 bits per heavy atom. The summed E-state index contributed by atoms with van der Waals surface area (Å²) in [7, 11) is 0. The quantitative estimate of drug-likeness (QED) is 0.491. The molecule has 1 aromatic carbocycles. The molecule has 0 radical (unpaired) electrons. The van der Waals surface area contributed by atoms with Crippen LogP contribution in [0.4, 0.5) is 24.5 Å². The first-order valence-electron chi connectivity index (χ1n) is 7.11. The Bertz CT molecular complexity index is 681. The summed E-state index contributed by atoms with van der Waals surface area (Å²) in [6.07, 6.45) is -4.70. The van der Waals surface area contributed by atoms with Gasteiger partial charge in [-0.3, -0.25) is 19.7 Å². The molecule has 0 saturated heterocycles. The van der Waals surface area contributed by atoms with E-state index in [0.29, 0.717) is 12.1 Å². The second-order valence-electron chi connectivity index (χ2n) is 6.43. The number of nitrogens with zero attached hydrogens (tertiary/aromatic N) is 1. The van der Waals surface area contributed by atoms with Gasteiger partial charge in [0.2, 0.25) is 0 Å². The molecule has 7 nitrogen and oxygen atoms in total. The number of ether oxygens (including phenoxy) is 1. The zero-order valence-electron chi connectivity index (χ0n) is 13.8. The minimum atomic E-state index is -4.75. The number of carbonyl (C=O) groups is 2. The van der Waals surface area contributed by atoms with Crippen molar-refractivity contribution in [1.82, 2.24) is 0 Å². The maximum Gasteiger partial charge on any atom is 0.416 e. The first-order valence-corrected chi connectivity index (χ1v) is 7.11. The van der Waals surface area contributed by atoms with Crippen LogP contribution >= 0.6 is 0 Å². The predicted molar refractivity (Wildman–Crippen MR) is 81.8 cm³/mol. The smallest absolute Gasteiger partial charge is 0.416 e. The molecule has 0 unspecified atom stereocenters. The van der Waals surface area contributed by atoms with E-state index >= 15 is 0 Å². The predicted octanol–water partition coefficient (Wildman–Crippen LogP) is 3.53. The van der Waals surface area contributed by atoms with Crippen LogP contribution in [-0.2, 0) is 20.5 Å². The molecule has 0 aliphatic rings. The minimum absolute atomic E-state index is 0.0563. The summed E-state index contributed by atoms with van der Waals surface area (Å²) in [6, 6.07) is 1.70. The highest BCUT2D eigenvalue weighted by Crippen LogP contribution is 2.34. The van der Waals surface area contributed by atoms with Gasteiger partial charge in [-0.05, 0) is 17.5 Å². The monoisotopic (exact) mass is 362 g/mol. The summed E-state index contributed by atoms with van der Waals surface area (Å²) in [5, 5.41) is 13.0. The molecule has 0 aromatic heterocycles. The Morgan fingerprint density at radius 3 is 2.32 bits per heavy atom. The molecular formula is C15H17F3N2O5. The number of hydrogen-bond donors (Lipinski definition) is 1.